The van der Waals surface area contributed by atoms with Crippen LogP contribution in [0, 0.1) is 0 Å². The summed E-state index contributed by atoms with van der Waals surface area (Å²) in [5, 5.41) is 3.76. The predicted octanol–water partition coefficient (Wildman–Crippen LogP) is 2.46. The van der Waals surface area contributed by atoms with E-state index in [2.05, 4.69) is 21.2 Å². The largest absolute Gasteiger partial charge is 0.368 e. The van der Waals surface area contributed by atoms with Gasteiger partial charge in [0.2, 0.25) is 5.91 Å². The number of benzene rings is 1. The van der Waals surface area contributed by atoms with Gasteiger partial charge in [0.25, 0.3) is 0 Å². The van der Waals surface area contributed by atoms with Crippen LogP contribution in [-0.4, -0.2) is 11.4 Å². The van der Waals surface area contributed by atoms with E-state index in [1.165, 1.54) is 0 Å². The Labute approximate surface area is 108 Å². The van der Waals surface area contributed by atoms with Crippen molar-refractivity contribution >= 4 is 33.4 Å². The fourth-order valence-electron chi connectivity index (χ4n) is 1.07. The smallest absolute Gasteiger partial charge is 0.237 e. The van der Waals surface area contributed by atoms with Crippen molar-refractivity contribution in [2.45, 2.75) is 25.9 Å². The normalized spacial score (nSPS) is 11.5. The lowest BCUT2D eigenvalue weighted by Gasteiger charge is -2.22. The van der Waals surface area contributed by atoms with E-state index in [9.17, 15) is 4.79 Å². The van der Waals surface area contributed by atoms with Gasteiger partial charge >= 0.3 is 0 Å². The highest BCUT2D eigenvalue weighted by molar-refractivity contribution is 9.10. The summed E-state index contributed by atoms with van der Waals surface area (Å²) in [6.07, 6.45) is 0. The molecular formula is C11H14BrClN2O. The fraction of sp³-hybridized carbons (Fsp3) is 0.364. The topological polar surface area (TPSA) is 55.1 Å². The first-order valence-corrected chi connectivity index (χ1v) is 5.99. The minimum atomic E-state index is -0.723. The van der Waals surface area contributed by atoms with E-state index >= 15 is 0 Å². The van der Waals surface area contributed by atoms with Crippen LogP contribution < -0.4 is 11.1 Å². The number of primary amides is 1. The number of nitrogens with two attached hydrogens (primary N) is 1. The maximum Gasteiger partial charge on any atom is 0.237 e. The Bertz CT molecular complexity index is 407. The van der Waals surface area contributed by atoms with E-state index in [-0.39, 0.29) is 5.91 Å². The molecule has 0 aliphatic heterocycles. The number of halogens is 2. The molecule has 0 radical (unpaired) electrons. The van der Waals surface area contributed by atoms with Crippen molar-refractivity contribution in [2.24, 2.45) is 5.73 Å². The zero-order valence-electron chi connectivity index (χ0n) is 9.18. The first-order valence-electron chi connectivity index (χ1n) is 4.82. The highest BCUT2D eigenvalue weighted by Crippen LogP contribution is 2.21. The lowest BCUT2D eigenvalue weighted by atomic mass is 10.0. The van der Waals surface area contributed by atoms with Crippen LogP contribution in [0.2, 0.25) is 5.02 Å². The summed E-state index contributed by atoms with van der Waals surface area (Å²) >= 11 is 9.24. The molecule has 1 rings (SSSR count). The van der Waals surface area contributed by atoms with Crippen molar-refractivity contribution < 1.29 is 4.79 Å². The summed E-state index contributed by atoms with van der Waals surface area (Å²) in [7, 11) is 0. The van der Waals surface area contributed by atoms with Gasteiger partial charge in [-0.3, -0.25) is 10.1 Å². The number of amides is 1. The second kappa shape index (κ2) is 5.17. The van der Waals surface area contributed by atoms with Crippen molar-refractivity contribution in [3.8, 4) is 0 Å². The van der Waals surface area contributed by atoms with Gasteiger partial charge in [-0.15, -0.1) is 0 Å². The van der Waals surface area contributed by atoms with Crippen LogP contribution in [0.1, 0.15) is 19.4 Å². The number of hydrogen-bond donors (Lipinski definition) is 2. The molecule has 16 heavy (non-hydrogen) atoms. The van der Waals surface area contributed by atoms with Gasteiger partial charge < -0.3 is 5.73 Å². The minimum Gasteiger partial charge on any atom is -0.368 e. The molecule has 0 aromatic heterocycles. The van der Waals surface area contributed by atoms with E-state index in [1.807, 2.05) is 12.1 Å². The molecule has 0 saturated heterocycles. The Morgan fingerprint density at radius 2 is 2.19 bits per heavy atom. The Balaban J connectivity index is 2.72. The van der Waals surface area contributed by atoms with Gasteiger partial charge in [0.1, 0.15) is 0 Å². The number of nitrogens with one attached hydrogen (secondary N) is 1. The van der Waals surface area contributed by atoms with E-state index in [4.69, 9.17) is 17.3 Å². The molecular weight excluding hydrogens is 291 g/mol. The van der Waals surface area contributed by atoms with Crippen molar-refractivity contribution in [2.75, 3.05) is 0 Å². The molecule has 1 aromatic carbocycles. The van der Waals surface area contributed by atoms with Crippen LogP contribution in [-0.2, 0) is 11.3 Å². The third-order valence-electron chi connectivity index (χ3n) is 2.35. The third kappa shape index (κ3) is 3.47. The molecule has 1 amide bonds. The summed E-state index contributed by atoms with van der Waals surface area (Å²) in [4.78, 5) is 11.1. The Kier molecular flexibility index (Phi) is 4.35. The van der Waals surface area contributed by atoms with Crippen LogP contribution in [0.15, 0.2) is 22.7 Å². The summed E-state index contributed by atoms with van der Waals surface area (Å²) < 4.78 is 0.910. The van der Waals surface area contributed by atoms with E-state index in [0.29, 0.717) is 11.6 Å². The second-order valence-electron chi connectivity index (χ2n) is 4.08. The molecule has 0 atom stereocenters. The number of carbonyl (C=O) groups excluding carboxylic acids is 1. The number of rotatable bonds is 4. The average molecular weight is 306 g/mol. The molecule has 0 aliphatic rings. The van der Waals surface area contributed by atoms with Gasteiger partial charge in [-0.05, 0) is 31.5 Å². The van der Waals surface area contributed by atoms with Crippen molar-refractivity contribution in [3.05, 3.63) is 33.3 Å². The van der Waals surface area contributed by atoms with Crippen molar-refractivity contribution in [1.82, 2.24) is 5.32 Å². The Morgan fingerprint density at radius 1 is 1.56 bits per heavy atom. The van der Waals surface area contributed by atoms with Gasteiger partial charge in [-0.25, -0.2) is 0 Å². The van der Waals surface area contributed by atoms with E-state index in [0.717, 1.165) is 10.0 Å². The molecule has 0 heterocycles. The molecule has 3 nitrogen and oxygen atoms in total. The molecule has 0 bridgehead atoms. The van der Waals surface area contributed by atoms with Gasteiger partial charge in [0, 0.05) is 16.0 Å². The predicted molar refractivity (Wildman–Crippen MR) is 69.3 cm³/mol. The highest BCUT2D eigenvalue weighted by atomic mass is 79.9. The summed E-state index contributed by atoms with van der Waals surface area (Å²) in [5.41, 5.74) is 5.57. The molecule has 1 aromatic rings. The Hall–Kier alpha value is -0.580. The summed E-state index contributed by atoms with van der Waals surface area (Å²) in [6, 6.07) is 5.52. The quantitative estimate of drug-likeness (QED) is 0.898. The third-order valence-corrected chi connectivity index (χ3v) is 3.33. The molecule has 3 N–H and O–H groups in total. The van der Waals surface area contributed by atoms with Crippen LogP contribution in [0.4, 0.5) is 0 Å². The zero-order valence-corrected chi connectivity index (χ0v) is 11.5. The number of hydrogen-bond acceptors (Lipinski definition) is 2. The average Bonchev–Trinajstić information content (AvgIpc) is 2.16. The standard InChI is InChI=1S/C11H14BrClN2O/c1-11(2,10(14)16)15-6-7-3-4-8(13)5-9(7)12/h3-5,15H,6H2,1-2H3,(H2,14,16). The van der Waals surface area contributed by atoms with Gasteiger partial charge in [-0.2, -0.15) is 0 Å². The van der Waals surface area contributed by atoms with Gasteiger partial charge in [0.05, 0.1) is 5.54 Å². The SMILES string of the molecule is CC(C)(NCc1ccc(Cl)cc1Br)C(N)=O. The highest BCUT2D eigenvalue weighted by Gasteiger charge is 2.23. The van der Waals surface area contributed by atoms with Crippen LogP contribution in [0.25, 0.3) is 0 Å². The molecule has 0 saturated carbocycles. The maximum absolute atomic E-state index is 11.1. The fourth-order valence-corrected chi connectivity index (χ4v) is 1.89. The molecule has 0 aliphatic carbocycles. The second-order valence-corrected chi connectivity index (χ2v) is 5.37. The summed E-state index contributed by atoms with van der Waals surface area (Å²) in [6.45, 7) is 4.05. The molecule has 0 spiro atoms. The van der Waals surface area contributed by atoms with Crippen LogP contribution in [0.5, 0.6) is 0 Å². The molecule has 5 heteroatoms. The van der Waals surface area contributed by atoms with Crippen LogP contribution in [0.3, 0.4) is 0 Å². The van der Waals surface area contributed by atoms with Crippen molar-refractivity contribution in [3.63, 3.8) is 0 Å². The monoisotopic (exact) mass is 304 g/mol. The van der Waals surface area contributed by atoms with E-state index < -0.39 is 5.54 Å². The number of carbonyl (C=O) groups is 1. The minimum absolute atomic E-state index is 0.377. The van der Waals surface area contributed by atoms with Crippen LogP contribution >= 0.6 is 27.5 Å². The first kappa shape index (κ1) is 13.5. The van der Waals surface area contributed by atoms with Gasteiger partial charge in [0.15, 0.2) is 0 Å². The zero-order chi connectivity index (χ0) is 12.3. The maximum atomic E-state index is 11.1. The molecule has 0 unspecified atom stereocenters. The molecule has 88 valence electrons. The Morgan fingerprint density at radius 3 is 2.69 bits per heavy atom. The lowest BCUT2D eigenvalue weighted by Crippen LogP contribution is -2.50. The van der Waals surface area contributed by atoms with E-state index in [1.54, 1.807) is 19.9 Å². The molecule has 0 fully saturated rings. The first-order chi connectivity index (χ1) is 7.33. The van der Waals surface area contributed by atoms with Crippen molar-refractivity contribution in [1.29, 1.82) is 0 Å². The van der Waals surface area contributed by atoms with Gasteiger partial charge in [-0.1, -0.05) is 33.6 Å². The summed E-state index contributed by atoms with van der Waals surface area (Å²) in [5.74, 6) is -0.377. The lowest BCUT2D eigenvalue weighted by molar-refractivity contribution is -0.123.